The molecule has 0 saturated heterocycles. The molecule has 1 amide bonds. The van der Waals surface area contributed by atoms with Gasteiger partial charge >= 0.3 is 0 Å². The number of hydrogen-bond acceptors (Lipinski definition) is 3. The van der Waals surface area contributed by atoms with E-state index in [-0.39, 0.29) is 5.91 Å². The fourth-order valence-corrected chi connectivity index (χ4v) is 0.897. The van der Waals surface area contributed by atoms with E-state index in [1.807, 2.05) is 0 Å². The van der Waals surface area contributed by atoms with E-state index in [9.17, 15) is 4.79 Å². The molecule has 1 unspecified atom stereocenters. The van der Waals surface area contributed by atoms with Crippen LogP contribution in [0.25, 0.3) is 0 Å². The minimum Gasteiger partial charge on any atom is -0.354 e. The second-order valence-electron chi connectivity index (χ2n) is 2.91. The van der Waals surface area contributed by atoms with Gasteiger partial charge in [-0.2, -0.15) is 0 Å². The van der Waals surface area contributed by atoms with Crippen molar-refractivity contribution in [2.45, 2.75) is 25.3 Å². The van der Waals surface area contributed by atoms with Crippen molar-refractivity contribution in [3.63, 3.8) is 0 Å². The van der Waals surface area contributed by atoms with Crippen LogP contribution in [0.4, 0.5) is 0 Å². The molecule has 0 aromatic heterocycles. The molecule has 5 N–H and O–H groups in total. The van der Waals surface area contributed by atoms with E-state index in [0.717, 1.165) is 12.8 Å². The molecule has 0 aromatic carbocycles. The highest BCUT2D eigenvalue weighted by molar-refractivity contribution is 5.81. The van der Waals surface area contributed by atoms with Crippen molar-refractivity contribution < 1.29 is 4.79 Å². The number of carbonyl (C=O) groups excluding carboxylic acids is 1. The number of hydrogen-bond donors (Lipinski definition) is 3. The fraction of sp³-hybridized carbons (Fsp3) is 0.667. The van der Waals surface area contributed by atoms with Gasteiger partial charge in [0, 0.05) is 6.54 Å². The Balaban J connectivity index is 3.50. The first-order valence-electron chi connectivity index (χ1n) is 4.56. The van der Waals surface area contributed by atoms with Gasteiger partial charge in [0.25, 0.3) is 0 Å². The van der Waals surface area contributed by atoms with Crippen LogP contribution in [0.2, 0.25) is 0 Å². The van der Waals surface area contributed by atoms with Crippen molar-refractivity contribution in [3.05, 3.63) is 12.7 Å². The maximum absolute atomic E-state index is 11.2. The Labute approximate surface area is 79.4 Å². The van der Waals surface area contributed by atoms with Crippen LogP contribution in [0.5, 0.6) is 0 Å². The third-order valence-electron chi connectivity index (χ3n) is 1.70. The van der Waals surface area contributed by atoms with Gasteiger partial charge in [-0.1, -0.05) is 6.08 Å². The maximum atomic E-state index is 11.2. The molecule has 0 radical (unpaired) electrons. The Morgan fingerprint density at radius 3 is 2.85 bits per heavy atom. The molecule has 4 heteroatoms. The Morgan fingerprint density at radius 1 is 1.62 bits per heavy atom. The first kappa shape index (κ1) is 12.1. The lowest BCUT2D eigenvalue weighted by Crippen LogP contribution is -2.41. The Morgan fingerprint density at radius 2 is 2.31 bits per heavy atom. The highest BCUT2D eigenvalue weighted by atomic mass is 16.2. The van der Waals surface area contributed by atoms with Crippen LogP contribution in [0.3, 0.4) is 0 Å². The second-order valence-corrected chi connectivity index (χ2v) is 2.91. The molecule has 0 bridgehead atoms. The summed E-state index contributed by atoms with van der Waals surface area (Å²) in [5, 5.41) is 2.72. The molecule has 13 heavy (non-hydrogen) atoms. The third-order valence-corrected chi connectivity index (χ3v) is 1.70. The van der Waals surface area contributed by atoms with Gasteiger partial charge < -0.3 is 16.8 Å². The van der Waals surface area contributed by atoms with Crippen molar-refractivity contribution in [2.24, 2.45) is 11.5 Å². The van der Waals surface area contributed by atoms with E-state index in [1.165, 1.54) is 0 Å². The molecule has 0 spiro atoms. The summed E-state index contributed by atoms with van der Waals surface area (Å²) in [6.45, 7) is 4.74. The van der Waals surface area contributed by atoms with Crippen LogP contribution in [-0.4, -0.2) is 25.0 Å². The lowest BCUT2D eigenvalue weighted by atomic mass is 10.1. The monoisotopic (exact) mass is 185 g/mol. The van der Waals surface area contributed by atoms with Crippen molar-refractivity contribution in [1.82, 2.24) is 5.32 Å². The standard InChI is InChI=1S/C9H19N3O/c1-2-3-7-12-9(13)8(11)5-4-6-10/h2,8H,1,3-7,10-11H2,(H,12,13). The van der Waals surface area contributed by atoms with Gasteiger partial charge in [0.2, 0.25) is 5.91 Å². The van der Waals surface area contributed by atoms with Gasteiger partial charge in [-0.3, -0.25) is 4.79 Å². The van der Waals surface area contributed by atoms with Crippen molar-refractivity contribution >= 4 is 5.91 Å². The normalized spacial score (nSPS) is 12.2. The molecule has 0 heterocycles. The highest BCUT2D eigenvalue weighted by Gasteiger charge is 2.10. The number of nitrogens with one attached hydrogen (secondary N) is 1. The fourth-order valence-electron chi connectivity index (χ4n) is 0.897. The third kappa shape index (κ3) is 6.31. The van der Waals surface area contributed by atoms with E-state index < -0.39 is 6.04 Å². The summed E-state index contributed by atoms with van der Waals surface area (Å²) in [5.74, 6) is -0.102. The molecule has 0 aliphatic heterocycles. The van der Waals surface area contributed by atoms with Gasteiger partial charge in [-0.15, -0.1) is 6.58 Å². The molecule has 0 rings (SSSR count). The van der Waals surface area contributed by atoms with E-state index >= 15 is 0 Å². The van der Waals surface area contributed by atoms with Gasteiger partial charge in [-0.05, 0) is 25.8 Å². The van der Waals surface area contributed by atoms with Crippen molar-refractivity contribution in [2.75, 3.05) is 13.1 Å². The van der Waals surface area contributed by atoms with E-state index in [1.54, 1.807) is 6.08 Å². The molecule has 0 aliphatic carbocycles. The molecular weight excluding hydrogens is 166 g/mol. The number of nitrogens with two attached hydrogens (primary N) is 2. The first-order chi connectivity index (χ1) is 6.22. The Hall–Kier alpha value is -0.870. The zero-order valence-corrected chi connectivity index (χ0v) is 7.96. The van der Waals surface area contributed by atoms with E-state index in [0.29, 0.717) is 19.5 Å². The van der Waals surface area contributed by atoms with E-state index in [4.69, 9.17) is 11.5 Å². The van der Waals surface area contributed by atoms with Gasteiger partial charge in [0.15, 0.2) is 0 Å². The summed E-state index contributed by atoms with van der Waals surface area (Å²) in [5.41, 5.74) is 10.9. The molecule has 0 saturated carbocycles. The Kier molecular flexibility index (Phi) is 7.24. The van der Waals surface area contributed by atoms with Crippen LogP contribution >= 0.6 is 0 Å². The lowest BCUT2D eigenvalue weighted by Gasteiger charge is -2.10. The van der Waals surface area contributed by atoms with Crippen LogP contribution in [0.1, 0.15) is 19.3 Å². The summed E-state index contributed by atoms with van der Waals surface area (Å²) in [4.78, 5) is 11.2. The topological polar surface area (TPSA) is 81.1 Å². The number of rotatable bonds is 7. The number of amides is 1. The predicted molar refractivity (Wildman–Crippen MR) is 54.1 cm³/mol. The summed E-state index contributed by atoms with van der Waals surface area (Å²) >= 11 is 0. The SMILES string of the molecule is C=CCCNC(=O)C(N)CCCN. The minimum atomic E-state index is -0.423. The van der Waals surface area contributed by atoms with Gasteiger partial charge in [0.1, 0.15) is 0 Å². The second kappa shape index (κ2) is 7.76. The van der Waals surface area contributed by atoms with E-state index in [2.05, 4.69) is 11.9 Å². The van der Waals surface area contributed by atoms with Gasteiger partial charge in [-0.25, -0.2) is 0 Å². The van der Waals surface area contributed by atoms with Crippen LogP contribution in [-0.2, 0) is 4.79 Å². The number of carbonyl (C=O) groups is 1. The van der Waals surface area contributed by atoms with Crippen LogP contribution in [0, 0.1) is 0 Å². The smallest absolute Gasteiger partial charge is 0.236 e. The average molecular weight is 185 g/mol. The maximum Gasteiger partial charge on any atom is 0.236 e. The van der Waals surface area contributed by atoms with Crippen molar-refractivity contribution in [1.29, 1.82) is 0 Å². The molecule has 76 valence electrons. The molecular formula is C9H19N3O. The van der Waals surface area contributed by atoms with Crippen LogP contribution < -0.4 is 16.8 Å². The zero-order chi connectivity index (χ0) is 10.1. The minimum absolute atomic E-state index is 0.102. The van der Waals surface area contributed by atoms with Crippen LogP contribution in [0.15, 0.2) is 12.7 Å². The first-order valence-corrected chi connectivity index (χ1v) is 4.56. The molecule has 0 aromatic rings. The Bertz CT molecular complexity index is 159. The molecule has 0 fully saturated rings. The molecule has 1 atom stereocenters. The summed E-state index contributed by atoms with van der Waals surface area (Å²) < 4.78 is 0. The predicted octanol–water partition coefficient (Wildman–Crippen LogP) is -0.255. The van der Waals surface area contributed by atoms with Gasteiger partial charge in [0.05, 0.1) is 6.04 Å². The zero-order valence-electron chi connectivity index (χ0n) is 7.96. The summed E-state index contributed by atoms with van der Waals surface area (Å²) in [6.07, 6.45) is 3.97. The largest absolute Gasteiger partial charge is 0.354 e. The highest BCUT2D eigenvalue weighted by Crippen LogP contribution is 1.92. The lowest BCUT2D eigenvalue weighted by molar-refractivity contribution is -0.122. The summed E-state index contributed by atoms with van der Waals surface area (Å²) in [6, 6.07) is -0.423. The average Bonchev–Trinajstić information content (AvgIpc) is 2.14. The molecule has 4 nitrogen and oxygen atoms in total. The summed E-state index contributed by atoms with van der Waals surface area (Å²) in [7, 11) is 0. The quantitative estimate of drug-likeness (QED) is 0.378. The van der Waals surface area contributed by atoms with Crippen molar-refractivity contribution in [3.8, 4) is 0 Å². The molecule has 0 aliphatic rings.